The Morgan fingerprint density at radius 1 is 1.42 bits per heavy atom. The highest BCUT2D eigenvalue weighted by Gasteiger charge is 1.94. The lowest BCUT2D eigenvalue weighted by Gasteiger charge is -1.94. The highest BCUT2D eigenvalue weighted by Crippen LogP contribution is 1.92. The number of halogens is 1. The molecule has 2 N–H and O–H groups in total. The molecule has 0 spiro atoms. The van der Waals surface area contributed by atoms with Crippen molar-refractivity contribution in [2.45, 2.75) is 6.42 Å². The molecular weight excluding hydrogens is 178 g/mol. The molecule has 0 radical (unpaired) electrons. The van der Waals surface area contributed by atoms with Crippen molar-refractivity contribution in [2.75, 3.05) is 6.54 Å². The molecule has 66 valence electrons. The SMILES string of the molecule is Cl.NCCc1ncc(C=O)cn1. The van der Waals surface area contributed by atoms with Crippen molar-refractivity contribution >= 4 is 18.7 Å². The third-order valence-electron chi connectivity index (χ3n) is 1.23. The number of rotatable bonds is 3. The second-order valence-corrected chi connectivity index (χ2v) is 2.09. The van der Waals surface area contributed by atoms with Gasteiger partial charge in [0.15, 0.2) is 6.29 Å². The Morgan fingerprint density at radius 3 is 2.42 bits per heavy atom. The zero-order valence-electron chi connectivity index (χ0n) is 6.43. The molecule has 1 aromatic heterocycles. The molecule has 0 aromatic carbocycles. The largest absolute Gasteiger partial charge is 0.330 e. The summed E-state index contributed by atoms with van der Waals surface area (Å²) >= 11 is 0. The Morgan fingerprint density at radius 2 is 2.00 bits per heavy atom. The lowest BCUT2D eigenvalue weighted by Crippen LogP contribution is -2.06. The van der Waals surface area contributed by atoms with Crippen LogP contribution < -0.4 is 5.73 Å². The third-order valence-corrected chi connectivity index (χ3v) is 1.23. The minimum Gasteiger partial charge on any atom is -0.330 e. The van der Waals surface area contributed by atoms with E-state index in [4.69, 9.17) is 5.73 Å². The van der Waals surface area contributed by atoms with Crippen LogP contribution in [0.1, 0.15) is 16.2 Å². The van der Waals surface area contributed by atoms with Gasteiger partial charge in [0, 0.05) is 18.8 Å². The Bertz CT molecular complexity index is 237. The molecule has 0 aliphatic rings. The standard InChI is InChI=1S/C7H9N3O.ClH/c8-2-1-7-9-3-6(5-11)4-10-7;/h3-5H,1-2,8H2;1H. The Kier molecular flexibility index (Phi) is 5.16. The number of aldehydes is 1. The Labute approximate surface area is 76.6 Å². The van der Waals surface area contributed by atoms with Gasteiger partial charge < -0.3 is 5.73 Å². The zero-order valence-corrected chi connectivity index (χ0v) is 7.25. The van der Waals surface area contributed by atoms with Crippen LogP contribution in [0.15, 0.2) is 12.4 Å². The first kappa shape index (κ1) is 11.0. The van der Waals surface area contributed by atoms with Crippen LogP contribution in [0, 0.1) is 0 Å². The summed E-state index contributed by atoms with van der Waals surface area (Å²) in [6, 6.07) is 0. The van der Waals surface area contributed by atoms with E-state index in [1.807, 2.05) is 0 Å². The van der Waals surface area contributed by atoms with Crippen LogP contribution in [-0.4, -0.2) is 22.8 Å². The fraction of sp³-hybridized carbons (Fsp3) is 0.286. The number of nitrogens with two attached hydrogens (primary N) is 1. The summed E-state index contributed by atoms with van der Waals surface area (Å²) < 4.78 is 0. The van der Waals surface area contributed by atoms with Crippen molar-refractivity contribution in [3.63, 3.8) is 0 Å². The maximum atomic E-state index is 10.2. The van der Waals surface area contributed by atoms with Gasteiger partial charge in [-0.1, -0.05) is 0 Å². The molecule has 0 fully saturated rings. The van der Waals surface area contributed by atoms with E-state index in [2.05, 4.69) is 9.97 Å². The van der Waals surface area contributed by atoms with Crippen LogP contribution in [0.5, 0.6) is 0 Å². The Hall–Kier alpha value is -1.00. The molecule has 0 bridgehead atoms. The summed E-state index contributed by atoms with van der Waals surface area (Å²) in [4.78, 5) is 18.0. The van der Waals surface area contributed by atoms with Gasteiger partial charge in [-0.25, -0.2) is 9.97 Å². The van der Waals surface area contributed by atoms with Crippen LogP contribution >= 0.6 is 12.4 Å². The first-order chi connectivity index (χ1) is 5.36. The summed E-state index contributed by atoms with van der Waals surface area (Å²) in [6.45, 7) is 0.528. The maximum absolute atomic E-state index is 10.2. The van der Waals surface area contributed by atoms with Gasteiger partial charge in [-0.05, 0) is 6.54 Å². The van der Waals surface area contributed by atoms with Crippen molar-refractivity contribution in [2.24, 2.45) is 5.73 Å². The van der Waals surface area contributed by atoms with E-state index >= 15 is 0 Å². The minimum absolute atomic E-state index is 0. The quantitative estimate of drug-likeness (QED) is 0.687. The lowest BCUT2D eigenvalue weighted by molar-refractivity contribution is 0.112. The lowest BCUT2D eigenvalue weighted by atomic mass is 10.3. The Balaban J connectivity index is 0.00000121. The smallest absolute Gasteiger partial charge is 0.153 e. The molecule has 0 aliphatic heterocycles. The summed E-state index contributed by atoms with van der Waals surface area (Å²) in [5.74, 6) is 0.679. The van der Waals surface area contributed by atoms with E-state index in [9.17, 15) is 4.79 Å². The zero-order chi connectivity index (χ0) is 8.10. The monoisotopic (exact) mass is 187 g/mol. The van der Waals surface area contributed by atoms with Crippen molar-refractivity contribution in [3.05, 3.63) is 23.8 Å². The van der Waals surface area contributed by atoms with Crippen LogP contribution in [0.25, 0.3) is 0 Å². The molecule has 0 saturated carbocycles. The molecule has 4 nitrogen and oxygen atoms in total. The normalized spacial score (nSPS) is 8.75. The predicted molar refractivity (Wildman–Crippen MR) is 47.4 cm³/mol. The van der Waals surface area contributed by atoms with Gasteiger partial charge in [-0.3, -0.25) is 4.79 Å². The van der Waals surface area contributed by atoms with E-state index < -0.39 is 0 Å². The first-order valence-corrected chi connectivity index (χ1v) is 3.33. The molecule has 0 atom stereocenters. The van der Waals surface area contributed by atoms with Gasteiger partial charge in [-0.15, -0.1) is 12.4 Å². The maximum Gasteiger partial charge on any atom is 0.153 e. The molecule has 5 heteroatoms. The average Bonchev–Trinajstić information content (AvgIpc) is 2.07. The first-order valence-electron chi connectivity index (χ1n) is 3.33. The van der Waals surface area contributed by atoms with Crippen LogP contribution in [0.3, 0.4) is 0 Å². The number of nitrogens with zero attached hydrogens (tertiary/aromatic N) is 2. The second-order valence-electron chi connectivity index (χ2n) is 2.09. The molecule has 12 heavy (non-hydrogen) atoms. The number of hydrogen-bond donors (Lipinski definition) is 1. The molecule has 0 aliphatic carbocycles. The van der Waals surface area contributed by atoms with Crippen molar-refractivity contribution in [3.8, 4) is 0 Å². The minimum atomic E-state index is 0. The summed E-state index contributed by atoms with van der Waals surface area (Å²) in [5.41, 5.74) is 5.77. The molecular formula is C7H10ClN3O. The fourth-order valence-corrected chi connectivity index (χ4v) is 0.684. The summed E-state index contributed by atoms with van der Waals surface area (Å²) in [6.07, 6.45) is 4.35. The third kappa shape index (κ3) is 2.94. The van der Waals surface area contributed by atoms with Gasteiger partial charge >= 0.3 is 0 Å². The van der Waals surface area contributed by atoms with Gasteiger partial charge in [-0.2, -0.15) is 0 Å². The number of hydrogen-bond acceptors (Lipinski definition) is 4. The number of carbonyl (C=O) groups is 1. The highest BCUT2D eigenvalue weighted by molar-refractivity contribution is 5.85. The van der Waals surface area contributed by atoms with E-state index in [0.29, 0.717) is 30.6 Å². The van der Waals surface area contributed by atoms with E-state index in [1.165, 1.54) is 12.4 Å². The fourth-order valence-electron chi connectivity index (χ4n) is 0.684. The van der Waals surface area contributed by atoms with Crippen LogP contribution in [0.4, 0.5) is 0 Å². The van der Waals surface area contributed by atoms with Gasteiger partial charge in [0.2, 0.25) is 0 Å². The molecule has 1 rings (SSSR count). The number of aromatic nitrogens is 2. The average molecular weight is 188 g/mol. The van der Waals surface area contributed by atoms with E-state index in [-0.39, 0.29) is 12.4 Å². The van der Waals surface area contributed by atoms with Crippen LogP contribution in [-0.2, 0) is 6.42 Å². The highest BCUT2D eigenvalue weighted by atomic mass is 35.5. The van der Waals surface area contributed by atoms with E-state index in [1.54, 1.807) is 0 Å². The van der Waals surface area contributed by atoms with Gasteiger partial charge in [0.05, 0.1) is 5.56 Å². The van der Waals surface area contributed by atoms with Crippen molar-refractivity contribution < 1.29 is 4.79 Å². The van der Waals surface area contributed by atoms with Gasteiger partial charge in [0.25, 0.3) is 0 Å². The second kappa shape index (κ2) is 5.62. The summed E-state index contributed by atoms with van der Waals surface area (Å²) in [7, 11) is 0. The van der Waals surface area contributed by atoms with Crippen molar-refractivity contribution in [1.29, 1.82) is 0 Å². The van der Waals surface area contributed by atoms with Crippen LogP contribution in [0.2, 0.25) is 0 Å². The van der Waals surface area contributed by atoms with Gasteiger partial charge in [0.1, 0.15) is 5.82 Å². The van der Waals surface area contributed by atoms with E-state index in [0.717, 1.165) is 0 Å². The summed E-state index contributed by atoms with van der Waals surface area (Å²) in [5, 5.41) is 0. The predicted octanol–water partition coefficient (Wildman–Crippen LogP) is 0.212. The molecule has 0 amide bonds. The molecule has 1 heterocycles. The molecule has 1 aromatic rings. The topological polar surface area (TPSA) is 68.9 Å². The molecule has 0 unspecified atom stereocenters. The molecule has 0 saturated heterocycles. The number of carbonyl (C=O) groups excluding carboxylic acids is 1. The van der Waals surface area contributed by atoms with Crippen molar-refractivity contribution in [1.82, 2.24) is 9.97 Å².